The fourth-order valence-electron chi connectivity index (χ4n) is 2.80. The highest BCUT2D eigenvalue weighted by molar-refractivity contribution is 9.10. The van der Waals surface area contributed by atoms with Gasteiger partial charge in [0.1, 0.15) is 0 Å². The summed E-state index contributed by atoms with van der Waals surface area (Å²) in [6, 6.07) is 13.2. The Morgan fingerprint density at radius 3 is 2.31 bits per heavy atom. The first-order valence-electron chi connectivity index (χ1n) is 7.56. The largest absolute Gasteiger partial charge is 0.545 e. The number of halogens is 4. The molecule has 3 rings (SSSR count). The Kier molecular flexibility index (Phi) is 4.66. The van der Waals surface area contributed by atoms with Gasteiger partial charge in [-0.3, -0.25) is 0 Å². The van der Waals surface area contributed by atoms with Crippen molar-refractivity contribution in [3.05, 3.63) is 75.9 Å². The maximum atomic E-state index is 13.1. The summed E-state index contributed by atoms with van der Waals surface area (Å²) in [5.41, 5.74) is 0.778. The van der Waals surface area contributed by atoms with E-state index in [-0.39, 0.29) is 11.3 Å². The van der Waals surface area contributed by atoms with Crippen LogP contribution in [0.4, 0.5) is 13.2 Å². The molecule has 0 saturated heterocycles. The number of carbonyl (C=O) groups excluding carboxylic acids is 1. The zero-order chi connectivity index (χ0) is 19.1. The fourth-order valence-corrected chi connectivity index (χ4v) is 3.06. The van der Waals surface area contributed by atoms with Crippen LogP contribution in [0.15, 0.2) is 59.1 Å². The highest BCUT2D eigenvalue weighted by atomic mass is 79.9. The third kappa shape index (κ3) is 3.39. The molecule has 0 radical (unpaired) electrons. The lowest BCUT2D eigenvalue weighted by Gasteiger charge is -2.15. The Morgan fingerprint density at radius 2 is 1.73 bits per heavy atom. The van der Waals surface area contributed by atoms with Crippen LogP contribution in [-0.4, -0.2) is 10.5 Å². The molecular weight excluding hydrogens is 411 g/mol. The molecule has 3 nitrogen and oxygen atoms in total. The van der Waals surface area contributed by atoms with Gasteiger partial charge in [-0.05, 0) is 48.9 Å². The number of carboxylic acid groups (broad SMARTS) is 1. The number of aromatic nitrogens is 1. The first kappa shape index (κ1) is 18.3. The van der Waals surface area contributed by atoms with E-state index < -0.39 is 17.7 Å². The van der Waals surface area contributed by atoms with Gasteiger partial charge in [0.25, 0.3) is 0 Å². The molecule has 0 unspecified atom stereocenters. The Balaban J connectivity index is 2.26. The van der Waals surface area contributed by atoms with Gasteiger partial charge >= 0.3 is 6.18 Å². The van der Waals surface area contributed by atoms with Gasteiger partial charge in [-0.15, -0.1) is 0 Å². The molecule has 3 aromatic rings. The van der Waals surface area contributed by atoms with Gasteiger partial charge in [-0.25, -0.2) is 0 Å². The standard InChI is InChI=1S/C19H13BrF3NO2/c1-11-16(18(25)26)10-17(12-5-7-14(20)8-6-12)24(11)15-4-2-3-13(9-15)19(21,22)23/h2-10H,1H3,(H,25,26)/p-1. The van der Waals surface area contributed by atoms with Crippen LogP contribution in [0.3, 0.4) is 0 Å². The molecule has 0 saturated carbocycles. The monoisotopic (exact) mass is 422 g/mol. The van der Waals surface area contributed by atoms with Crippen molar-refractivity contribution in [3.8, 4) is 16.9 Å². The molecule has 0 aliphatic carbocycles. The van der Waals surface area contributed by atoms with Gasteiger partial charge < -0.3 is 14.5 Å². The van der Waals surface area contributed by atoms with Gasteiger partial charge in [0.15, 0.2) is 0 Å². The first-order valence-corrected chi connectivity index (χ1v) is 8.35. The molecule has 0 aliphatic rings. The second-order valence-corrected chi connectivity index (χ2v) is 6.62. The van der Waals surface area contributed by atoms with Crippen LogP contribution >= 0.6 is 15.9 Å². The van der Waals surface area contributed by atoms with Crippen molar-refractivity contribution in [1.82, 2.24) is 4.57 Å². The Morgan fingerprint density at radius 1 is 1.08 bits per heavy atom. The number of rotatable bonds is 3. The van der Waals surface area contributed by atoms with E-state index in [9.17, 15) is 23.1 Å². The summed E-state index contributed by atoms with van der Waals surface area (Å²) in [7, 11) is 0. The lowest BCUT2D eigenvalue weighted by Crippen LogP contribution is -2.22. The average molecular weight is 423 g/mol. The number of hydrogen-bond donors (Lipinski definition) is 0. The summed E-state index contributed by atoms with van der Waals surface area (Å²) < 4.78 is 41.5. The number of nitrogens with zero attached hydrogens (tertiary/aromatic N) is 1. The fraction of sp³-hybridized carbons (Fsp3) is 0.105. The quantitative estimate of drug-likeness (QED) is 0.619. The van der Waals surface area contributed by atoms with Crippen LogP contribution in [-0.2, 0) is 6.18 Å². The van der Waals surface area contributed by atoms with E-state index in [4.69, 9.17) is 0 Å². The Bertz CT molecular complexity index is 975. The summed E-state index contributed by atoms with van der Waals surface area (Å²) in [6.45, 7) is 1.54. The molecule has 134 valence electrons. The van der Waals surface area contributed by atoms with E-state index in [1.165, 1.54) is 29.7 Å². The van der Waals surface area contributed by atoms with Crippen LogP contribution in [0.25, 0.3) is 16.9 Å². The zero-order valence-electron chi connectivity index (χ0n) is 13.5. The predicted molar refractivity (Wildman–Crippen MR) is 93.0 cm³/mol. The zero-order valence-corrected chi connectivity index (χ0v) is 15.1. The summed E-state index contributed by atoms with van der Waals surface area (Å²) in [5, 5.41) is 11.4. The van der Waals surface area contributed by atoms with Crippen LogP contribution in [0, 0.1) is 6.92 Å². The smallest absolute Gasteiger partial charge is 0.416 e. The second-order valence-electron chi connectivity index (χ2n) is 5.71. The van der Waals surface area contributed by atoms with Crippen molar-refractivity contribution >= 4 is 21.9 Å². The van der Waals surface area contributed by atoms with Crippen molar-refractivity contribution in [2.24, 2.45) is 0 Å². The number of hydrogen-bond acceptors (Lipinski definition) is 2. The molecule has 0 spiro atoms. The lowest BCUT2D eigenvalue weighted by molar-refractivity contribution is -0.255. The topological polar surface area (TPSA) is 45.1 Å². The van der Waals surface area contributed by atoms with Crippen molar-refractivity contribution in [2.75, 3.05) is 0 Å². The van der Waals surface area contributed by atoms with Gasteiger partial charge in [-0.2, -0.15) is 13.2 Å². The van der Waals surface area contributed by atoms with Crippen LogP contribution in [0.2, 0.25) is 0 Å². The normalized spacial score (nSPS) is 11.6. The van der Waals surface area contributed by atoms with Crippen molar-refractivity contribution in [2.45, 2.75) is 13.1 Å². The summed E-state index contributed by atoms with van der Waals surface area (Å²) in [5.74, 6) is -1.38. The lowest BCUT2D eigenvalue weighted by atomic mass is 10.1. The summed E-state index contributed by atoms with van der Waals surface area (Å²) in [4.78, 5) is 11.4. The van der Waals surface area contributed by atoms with Crippen molar-refractivity contribution < 1.29 is 23.1 Å². The first-order chi connectivity index (χ1) is 12.2. The van der Waals surface area contributed by atoms with E-state index in [0.29, 0.717) is 17.0 Å². The molecule has 1 aromatic heterocycles. The highest BCUT2D eigenvalue weighted by Crippen LogP contribution is 2.34. The number of carbonyl (C=O) groups is 1. The Labute approximate surface area is 155 Å². The minimum atomic E-state index is -4.49. The molecule has 26 heavy (non-hydrogen) atoms. The SMILES string of the molecule is Cc1c(C(=O)[O-])cc(-c2ccc(Br)cc2)n1-c1cccc(C(F)(F)F)c1. The molecule has 1 heterocycles. The van der Waals surface area contributed by atoms with Crippen LogP contribution in [0.5, 0.6) is 0 Å². The van der Waals surface area contributed by atoms with E-state index >= 15 is 0 Å². The molecule has 2 aromatic carbocycles. The van der Waals surface area contributed by atoms with Crippen LogP contribution in [0.1, 0.15) is 21.6 Å². The second kappa shape index (κ2) is 6.64. The molecule has 0 bridgehead atoms. The maximum absolute atomic E-state index is 13.1. The van der Waals surface area contributed by atoms with Crippen molar-refractivity contribution in [3.63, 3.8) is 0 Å². The maximum Gasteiger partial charge on any atom is 0.416 e. The summed E-state index contributed by atoms with van der Waals surface area (Å²) in [6.07, 6.45) is -4.49. The van der Waals surface area contributed by atoms with Gasteiger partial charge in [0.05, 0.1) is 17.2 Å². The summed E-state index contributed by atoms with van der Waals surface area (Å²) >= 11 is 3.32. The molecule has 0 aliphatic heterocycles. The minimum Gasteiger partial charge on any atom is -0.545 e. The van der Waals surface area contributed by atoms with Crippen LogP contribution < -0.4 is 5.11 Å². The number of aromatic carboxylic acids is 1. The average Bonchev–Trinajstić information content (AvgIpc) is 2.92. The Hall–Kier alpha value is -2.54. The molecular formula is C19H12BrF3NO2-. The van der Waals surface area contributed by atoms with E-state index in [1.807, 2.05) is 0 Å². The van der Waals surface area contributed by atoms with E-state index in [0.717, 1.165) is 16.6 Å². The third-order valence-electron chi connectivity index (χ3n) is 4.04. The van der Waals surface area contributed by atoms with Crippen molar-refractivity contribution in [1.29, 1.82) is 0 Å². The third-order valence-corrected chi connectivity index (χ3v) is 4.57. The van der Waals surface area contributed by atoms with E-state index in [1.54, 1.807) is 24.3 Å². The molecule has 0 fully saturated rings. The van der Waals surface area contributed by atoms with E-state index in [2.05, 4.69) is 15.9 Å². The predicted octanol–water partition coefficient (Wildman–Crippen LogP) is 4.60. The molecule has 0 amide bonds. The number of benzene rings is 2. The van der Waals surface area contributed by atoms with Gasteiger partial charge in [0, 0.05) is 21.4 Å². The minimum absolute atomic E-state index is 0.0691. The number of alkyl halides is 3. The molecule has 7 heteroatoms. The highest BCUT2D eigenvalue weighted by Gasteiger charge is 2.31. The molecule has 0 atom stereocenters. The number of carboxylic acids is 1. The van der Waals surface area contributed by atoms with Gasteiger partial charge in [-0.1, -0.05) is 34.1 Å². The van der Waals surface area contributed by atoms with Gasteiger partial charge in [0.2, 0.25) is 0 Å². The molecule has 0 N–H and O–H groups in total.